The van der Waals surface area contributed by atoms with Gasteiger partial charge in [0, 0.05) is 23.4 Å². The number of amides is 1. The maximum Gasteiger partial charge on any atom is 0.300 e. The first-order chi connectivity index (χ1) is 16.1. The van der Waals surface area contributed by atoms with Gasteiger partial charge in [0.15, 0.2) is 0 Å². The van der Waals surface area contributed by atoms with E-state index in [2.05, 4.69) is 20.8 Å². The maximum atomic E-state index is 13.2. The van der Waals surface area contributed by atoms with Crippen LogP contribution in [-0.4, -0.2) is 21.7 Å². The van der Waals surface area contributed by atoms with E-state index >= 15 is 0 Å². The third-order valence-corrected chi connectivity index (χ3v) is 5.90. The fourth-order valence-electron chi connectivity index (χ4n) is 4.09. The number of aliphatic hydroxyl groups excluding tert-OH is 1. The molecule has 0 spiro atoms. The summed E-state index contributed by atoms with van der Waals surface area (Å²) in [5.41, 5.74) is 1.88. The molecule has 7 heteroatoms. The molecular formula is C27H24N2O5. The number of carbonyl (C=O) groups excluding carboxylic acids is 2. The van der Waals surface area contributed by atoms with Gasteiger partial charge in [0.25, 0.3) is 17.4 Å². The summed E-state index contributed by atoms with van der Waals surface area (Å²) >= 11 is 0. The molecule has 1 atom stereocenters. The average molecular weight is 456 g/mol. The molecule has 1 saturated heterocycles. The Hall–Kier alpha value is -4.26. The molecule has 1 aliphatic rings. The summed E-state index contributed by atoms with van der Waals surface area (Å²) in [5.74, 6) is -2.08. The van der Waals surface area contributed by atoms with E-state index in [4.69, 9.17) is 0 Å². The molecular weight excluding hydrogens is 432 g/mol. The van der Waals surface area contributed by atoms with Crippen molar-refractivity contribution in [2.24, 2.45) is 0 Å². The molecule has 1 unspecified atom stereocenters. The van der Waals surface area contributed by atoms with Crippen LogP contribution in [0.15, 0.2) is 84.4 Å². The molecule has 4 rings (SSSR count). The second kappa shape index (κ2) is 8.59. The number of Topliss-reactive ketones (excluding diaryl/α,β-unsaturated/α-hetero) is 1. The van der Waals surface area contributed by atoms with E-state index in [1.807, 2.05) is 18.2 Å². The largest absolute Gasteiger partial charge is 0.507 e. The van der Waals surface area contributed by atoms with Crippen molar-refractivity contribution in [1.29, 1.82) is 0 Å². The SMILES string of the molecule is CC(C)(C)c1ccc(N2C(=O)C(=O)/C(=C(\O)c3cccc([N+](=O)[O-])c3)C2c2ccccc2)cc1. The topological polar surface area (TPSA) is 101 Å². The number of hydrogen-bond acceptors (Lipinski definition) is 5. The molecule has 34 heavy (non-hydrogen) atoms. The van der Waals surface area contributed by atoms with Gasteiger partial charge in [-0.05, 0) is 28.7 Å². The summed E-state index contributed by atoms with van der Waals surface area (Å²) in [6, 6.07) is 20.8. The van der Waals surface area contributed by atoms with Crippen molar-refractivity contribution in [2.45, 2.75) is 32.2 Å². The van der Waals surface area contributed by atoms with Gasteiger partial charge in [0.1, 0.15) is 5.76 Å². The number of nitro groups is 1. The lowest BCUT2D eigenvalue weighted by atomic mass is 9.87. The van der Waals surface area contributed by atoms with Crippen molar-refractivity contribution in [1.82, 2.24) is 0 Å². The van der Waals surface area contributed by atoms with Crippen LogP contribution in [0.2, 0.25) is 0 Å². The molecule has 1 aliphatic heterocycles. The number of aliphatic hydroxyl groups is 1. The number of hydrogen-bond donors (Lipinski definition) is 1. The highest BCUT2D eigenvalue weighted by Crippen LogP contribution is 2.42. The van der Waals surface area contributed by atoms with Gasteiger partial charge < -0.3 is 5.11 Å². The standard InChI is InChI=1S/C27H24N2O5/c1-27(2,3)19-12-14-20(15-13-19)28-23(17-8-5-4-6-9-17)22(25(31)26(28)32)24(30)18-10-7-11-21(16-18)29(33)34/h4-16,23,30H,1-3H3/b24-22-. The van der Waals surface area contributed by atoms with Crippen molar-refractivity contribution in [3.63, 3.8) is 0 Å². The van der Waals surface area contributed by atoms with E-state index < -0.39 is 28.4 Å². The van der Waals surface area contributed by atoms with Crippen molar-refractivity contribution < 1.29 is 19.6 Å². The van der Waals surface area contributed by atoms with Gasteiger partial charge in [0.05, 0.1) is 16.5 Å². The number of nitro benzene ring substituents is 1. The van der Waals surface area contributed by atoms with E-state index in [1.165, 1.54) is 29.2 Å². The molecule has 0 radical (unpaired) electrons. The quantitative estimate of drug-likeness (QED) is 0.183. The number of carbonyl (C=O) groups is 2. The molecule has 172 valence electrons. The fourth-order valence-corrected chi connectivity index (χ4v) is 4.09. The summed E-state index contributed by atoms with van der Waals surface area (Å²) in [4.78, 5) is 38.4. The molecule has 0 aromatic heterocycles. The Bertz CT molecular complexity index is 1300. The van der Waals surface area contributed by atoms with E-state index in [-0.39, 0.29) is 22.2 Å². The number of nitrogens with zero attached hydrogens (tertiary/aromatic N) is 2. The van der Waals surface area contributed by atoms with Gasteiger partial charge in [-0.3, -0.25) is 24.6 Å². The molecule has 1 heterocycles. The van der Waals surface area contributed by atoms with Crippen LogP contribution in [0.1, 0.15) is 43.5 Å². The summed E-state index contributed by atoms with van der Waals surface area (Å²) in [7, 11) is 0. The highest BCUT2D eigenvalue weighted by molar-refractivity contribution is 6.51. The van der Waals surface area contributed by atoms with E-state index in [9.17, 15) is 24.8 Å². The molecule has 7 nitrogen and oxygen atoms in total. The van der Waals surface area contributed by atoms with Crippen molar-refractivity contribution in [3.8, 4) is 0 Å². The minimum atomic E-state index is -0.888. The lowest BCUT2D eigenvalue weighted by Gasteiger charge is -2.26. The first-order valence-corrected chi connectivity index (χ1v) is 10.8. The molecule has 1 fully saturated rings. The number of benzene rings is 3. The fraction of sp³-hybridized carbons (Fsp3) is 0.185. The van der Waals surface area contributed by atoms with Crippen LogP contribution < -0.4 is 4.90 Å². The van der Waals surface area contributed by atoms with Crippen LogP contribution >= 0.6 is 0 Å². The van der Waals surface area contributed by atoms with Gasteiger partial charge >= 0.3 is 0 Å². The maximum absolute atomic E-state index is 13.2. The Morgan fingerprint density at radius 2 is 1.59 bits per heavy atom. The minimum Gasteiger partial charge on any atom is -0.507 e. The Morgan fingerprint density at radius 1 is 0.941 bits per heavy atom. The molecule has 0 bridgehead atoms. The zero-order valence-corrected chi connectivity index (χ0v) is 19.1. The Labute approximate surface area is 197 Å². The summed E-state index contributed by atoms with van der Waals surface area (Å²) in [6.45, 7) is 6.24. The number of ketones is 1. The van der Waals surface area contributed by atoms with Gasteiger partial charge in [-0.25, -0.2) is 0 Å². The first-order valence-electron chi connectivity index (χ1n) is 10.8. The van der Waals surface area contributed by atoms with Gasteiger partial charge in [0.2, 0.25) is 0 Å². The van der Waals surface area contributed by atoms with Crippen molar-refractivity contribution in [2.75, 3.05) is 4.90 Å². The highest BCUT2D eigenvalue weighted by Gasteiger charge is 2.47. The van der Waals surface area contributed by atoms with E-state index in [0.717, 1.165) is 5.56 Å². The van der Waals surface area contributed by atoms with E-state index in [0.29, 0.717) is 11.3 Å². The lowest BCUT2D eigenvalue weighted by molar-refractivity contribution is -0.384. The van der Waals surface area contributed by atoms with Gasteiger partial charge in [-0.1, -0.05) is 75.4 Å². The van der Waals surface area contributed by atoms with Crippen LogP contribution in [0, 0.1) is 10.1 Å². The van der Waals surface area contributed by atoms with Crippen molar-refractivity contribution >= 4 is 28.8 Å². The summed E-state index contributed by atoms with van der Waals surface area (Å²) in [5, 5.41) is 22.3. The Balaban J connectivity index is 1.90. The Morgan fingerprint density at radius 3 is 2.18 bits per heavy atom. The predicted octanol–water partition coefficient (Wildman–Crippen LogP) is 5.52. The zero-order valence-electron chi connectivity index (χ0n) is 19.1. The molecule has 0 aliphatic carbocycles. The predicted molar refractivity (Wildman–Crippen MR) is 129 cm³/mol. The molecule has 0 saturated carbocycles. The van der Waals surface area contributed by atoms with Crippen LogP contribution in [0.4, 0.5) is 11.4 Å². The molecule has 1 N–H and O–H groups in total. The third-order valence-electron chi connectivity index (χ3n) is 5.90. The monoisotopic (exact) mass is 456 g/mol. The second-order valence-electron chi connectivity index (χ2n) is 9.18. The number of rotatable bonds is 4. The first kappa shape index (κ1) is 22.9. The lowest BCUT2D eigenvalue weighted by Crippen LogP contribution is -2.29. The van der Waals surface area contributed by atoms with Crippen LogP contribution in [0.25, 0.3) is 5.76 Å². The van der Waals surface area contributed by atoms with Crippen LogP contribution in [0.3, 0.4) is 0 Å². The van der Waals surface area contributed by atoms with Crippen LogP contribution in [-0.2, 0) is 15.0 Å². The summed E-state index contributed by atoms with van der Waals surface area (Å²) < 4.78 is 0. The molecule has 3 aromatic rings. The average Bonchev–Trinajstić information content (AvgIpc) is 3.09. The third kappa shape index (κ3) is 4.08. The minimum absolute atomic E-state index is 0.0897. The summed E-state index contributed by atoms with van der Waals surface area (Å²) in [6.07, 6.45) is 0. The highest BCUT2D eigenvalue weighted by atomic mass is 16.6. The second-order valence-corrected chi connectivity index (χ2v) is 9.18. The number of anilines is 1. The zero-order chi connectivity index (χ0) is 24.6. The van der Waals surface area contributed by atoms with E-state index in [1.54, 1.807) is 36.4 Å². The smallest absolute Gasteiger partial charge is 0.300 e. The Kier molecular flexibility index (Phi) is 5.79. The number of non-ortho nitro benzene ring substituents is 1. The molecule has 1 amide bonds. The molecule has 3 aromatic carbocycles. The van der Waals surface area contributed by atoms with Crippen LogP contribution in [0.5, 0.6) is 0 Å². The normalized spacial score (nSPS) is 17.7. The van der Waals surface area contributed by atoms with Crippen molar-refractivity contribution in [3.05, 3.63) is 111 Å². The van der Waals surface area contributed by atoms with Gasteiger partial charge in [-0.15, -0.1) is 0 Å². The van der Waals surface area contributed by atoms with Gasteiger partial charge in [-0.2, -0.15) is 0 Å².